The van der Waals surface area contributed by atoms with Crippen LogP contribution in [-0.4, -0.2) is 10.9 Å². The van der Waals surface area contributed by atoms with E-state index < -0.39 is 0 Å². The molecule has 0 saturated heterocycles. The highest BCUT2D eigenvalue weighted by Gasteiger charge is 2.23. The molecule has 0 N–H and O–H groups in total. The molecule has 0 atom stereocenters. The number of aromatic nitrogens is 1. The van der Waals surface area contributed by atoms with Gasteiger partial charge in [-0.2, -0.15) is 0 Å². The predicted octanol–water partition coefficient (Wildman–Crippen LogP) is 5.90. The zero-order valence-electron chi connectivity index (χ0n) is 15.6. The molecule has 1 aromatic heterocycles. The van der Waals surface area contributed by atoms with Crippen LogP contribution >= 0.6 is 11.3 Å². The zero-order chi connectivity index (χ0) is 19.7. The molecule has 3 nitrogen and oxygen atoms in total. The van der Waals surface area contributed by atoms with E-state index in [1.807, 2.05) is 62.4 Å². The first-order valence-corrected chi connectivity index (χ1v) is 9.82. The second kappa shape index (κ2) is 7.52. The van der Waals surface area contributed by atoms with Gasteiger partial charge in [-0.15, -0.1) is 0 Å². The van der Waals surface area contributed by atoms with Crippen LogP contribution < -0.4 is 4.90 Å². The van der Waals surface area contributed by atoms with E-state index in [0.29, 0.717) is 22.8 Å². The summed E-state index contributed by atoms with van der Waals surface area (Å²) in [5, 5.41) is 0.564. The average Bonchev–Trinajstić information content (AvgIpc) is 3.09. The highest BCUT2D eigenvalue weighted by atomic mass is 32.1. The Balaban J connectivity index is 1.79. The van der Waals surface area contributed by atoms with E-state index in [1.165, 1.54) is 23.5 Å². The van der Waals surface area contributed by atoms with E-state index in [4.69, 9.17) is 0 Å². The zero-order valence-corrected chi connectivity index (χ0v) is 16.5. The van der Waals surface area contributed by atoms with Crippen molar-refractivity contribution in [1.82, 2.24) is 4.98 Å². The van der Waals surface area contributed by atoms with Crippen molar-refractivity contribution in [2.45, 2.75) is 20.4 Å². The first-order valence-electron chi connectivity index (χ1n) is 9.00. The molecule has 0 aliphatic heterocycles. The van der Waals surface area contributed by atoms with Gasteiger partial charge >= 0.3 is 0 Å². The van der Waals surface area contributed by atoms with Crippen LogP contribution in [0.15, 0.2) is 66.7 Å². The van der Waals surface area contributed by atoms with Gasteiger partial charge in [0.1, 0.15) is 5.82 Å². The summed E-state index contributed by atoms with van der Waals surface area (Å²) in [7, 11) is 0. The quantitative estimate of drug-likeness (QED) is 0.435. The Hall–Kier alpha value is -3.05. The fourth-order valence-electron chi connectivity index (χ4n) is 3.19. The summed E-state index contributed by atoms with van der Waals surface area (Å²) in [6, 6.07) is 20.1. The Morgan fingerprint density at radius 1 is 1.04 bits per heavy atom. The van der Waals surface area contributed by atoms with E-state index in [1.54, 1.807) is 11.0 Å². The van der Waals surface area contributed by atoms with Crippen molar-refractivity contribution in [3.8, 4) is 0 Å². The van der Waals surface area contributed by atoms with Gasteiger partial charge in [0, 0.05) is 5.56 Å². The molecule has 0 radical (unpaired) electrons. The highest BCUT2D eigenvalue weighted by Crippen LogP contribution is 2.31. The van der Waals surface area contributed by atoms with Crippen molar-refractivity contribution in [3.05, 3.63) is 94.8 Å². The molecule has 28 heavy (non-hydrogen) atoms. The molecule has 4 rings (SSSR count). The predicted molar refractivity (Wildman–Crippen MR) is 112 cm³/mol. The van der Waals surface area contributed by atoms with Crippen LogP contribution in [0.25, 0.3) is 10.2 Å². The highest BCUT2D eigenvalue weighted by molar-refractivity contribution is 7.22. The Kier molecular flexibility index (Phi) is 4.92. The molecular weight excluding hydrogens is 371 g/mol. The molecule has 5 heteroatoms. The Bertz CT molecular complexity index is 1150. The molecule has 140 valence electrons. The maximum Gasteiger partial charge on any atom is 0.260 e. The molecule has 0 unspecified atom stereocenters. The van der Waals surface area contributed by atoms with Gasteiger partial charge in [0.15, 0.2) is 5.13 Å². The SMILES string of the molecule is Cc1ccc(C(=O)N(Cc2ccccc2)c2nc3ccc(F)cc3s2)c(C)c1. The van der Waals surface area contributed by atoms with Crippen LogP contribution in [0.3, 0.4) is 0 Å². The summed E-state index contributed by atoms with van der Waals surface area (Å²) < 4.78 is 14.3. The Morgan fingerprint density at radius 2 is 1.82 bits per heavy atom. The third kappa shape index (κ3) is 3.66. The first-order chi connectivity index (χ1) is 13.5. The molecule has 0 fully saturated rings. The van der Waals surface area contributed by atoms with E-state index in [0.717, 1.165) is 21.4 Å². The number of thiazole rings is 1. The fraction of sp³-hybridized carbons (Fsp3) is 0.130. The Morgan fingerprint density at radius 3 is 2.57 bits per heavy atom. The van der Waals surface area contributed by atoms with Crippen molar-refractivity contribution in [3.63, 3.8) is 0 Å². The van der Waals surface area contributed by atoms with E-state index in [-0.39, 0.29) is 11.7 Å². The summed E-state index contributed by atoms with van der Waals surface area (Å²) in [6.45, 7) is 4.34. The maximum atomic E-state index is 13.6. The van der Waals surface area contributed by atoms with Crippen LogP contribution in [-0.2, 0) is 6.54 Å². The van der Waals surface area contributed by atoms with Crippen LogP contribution in [0.4, 0.5) is 9.52 Å². The topological polar surface area (TPSA) is 33.2 Å². The monoisotopic (exact) mass is 390 g/mol. The molecule has 1 amide bonds. The molecular formula is C23H19FN2OS. The lowest BCUT2D eigenvalue weighted by Gasteiger charge is -2.21. The molecule has 0 saturated carbocycles. The summed E-state index contributed by atoms with van der Waals surface area (Å²) in [5.74, 6) is -0.418. The van der Waals surface area contributed by atoms with Gasteiger partial charge in [0.2, 0.25) is 0 Å². The Labute approximate surface area is 167 Å². The number of hydrogen-bond donors (Lipinski definition) is 0. The van der Waals surface area contributed by atoms with Crippen LogP contribution in [0.2, 0.25) is 0 Å². The summed E-state index contributed by atoms with van der Waals surface area (Å²) >= 11 is 1.32. The second-order valence-corrected chi connectivity index (χ2v) is 7.81. The van der Waals surface area contributed by atoms with Crippen molar-refractivity contribution in [2.75, 3.05) is 4.90 Å². The van der Waals surface area contributed by atoms with Gasteiger partial charge in [-0.25, -0.2) is 9.37 Å². The number of amides is 1. The van der Waals surface area contributed by atoms with Crippen molar-refractivity contribution < 1.29 is 9.18 Å². The minimum absolute atomic E-state index is 0.110. The van der Waals surface area contributed by atoms with Gasteiger partial charge in [-0.05, 0) is 49.2 Å². The average molecular weight is 390 g/mol. The number of nitrogens with zero attached hydrogens (tertiary/aromatic N) is 2. The lowest BCUT2D eigenvalue weighted by molar-refractivity contribution is 0.0984. The summed E-state index contributed by atoms with van der Waals surface area (Å²) in [5.41, 5.74) is 4.38. The van der Waals surface area contributed by atoms with Crippen LogP contribution in [0.5, 0.6) is 0 Å². The summed E-state index contributed by atoms with van der Waals surface area (Å²) in [4.78, 5) is 19.7. The summed E-state index contributed by atoms with van der Waals surface area (Å²) in [6.07, 6.45) is 0. The maximum absolute atomic E-state index is 13.6. The molecule has 0 aliphatic rings. The molecule has 4 aromatic rings. The van der Waals surface area contributed by atoms with Crippen molar-refractivity contribution in [2.24, 2.45) is 0 Å². The lowest BCUT2D eigenvalue weighted by atomic mass is 10.0. The van der Waals surface area contributed by atoms with Gasteiger partial charge in [-0.1, -0.05) is 59.4 Å². The number of aryl methyl sites for hydroxylation is 2. The lowest BCUT2D eigenvalue weighted by Crippen LogP contribution is -2.30. The standard InChI is InChI=1S/C23H19FN2OS/c1-15-8-10-19(16(2)12-15)22(27)26(14-17-6-4-3-5-7-17)23-25-20-11-9-18(24)13-21(20)28-23/h3-13H,14H2,1-2H3. The third-order valence-electron chi connectivity index (χ3n) is 4.61. The first kappa shape index (κ1) is 18.3. The molecule has 3 aromatic carbocycles. The van der Waals surface area contributed by atoms with Gasteiger partial charge in [0.25, 0.3) is 5.91 Å². The second-order valence-electron chi connectivity index (χ2n) is 6.80. The molecule has 0 bridgehead atoms. The largest absolute Gasteiger partial charge is 0.279 e. The number of fused-ring (bicyclic) bond motifs is 1. The van der Waals surface area contributed by atoms with E-state index >= 15 is 0 Å². The van der Waals surface area contributed by atoms with Crippen molar-refractivity contribution in [1.29, 1.82) is 0 Å². The minimum atomic E-state index is -0.307. The normalized spacial score (nSPS) is 11.0. The smallest absolute Gasteiger partial charge is 0.260 e. The van der Waals surface area contributed by atoms with Gasteiger partial charge < -0.3 is 0 Å². The van der Waals surface area contributed by atoms with Crippen LogP contribution in [0.1, 0.15) is 27.0 Å². The molecule has 0 spiro atoms. The number of anilines is 1. The molecule has 1 heterocycles. The number of benzene rings is 3. The molecule has 0 aliphatic carbocycles. The van der Waals surface area contributed by atoms with Crippen LogP contribution in [0, 0.1) is 19.7 Å². The van der Waals surface area contributed by atoms with E-state index in [2.05, 4.69) is 4.98 Å². The fourth-order valence-corrected chi connectivity index (χ4v) is 4.18. The number of rotatable bonds is 4. The third-order valence-corrected chi connectivity index (χ3v) is 5.65. The number of halogens is 1. The van der Waals surface area contributed by atoms with Crippen molar-refractivity contribution >= 4 is 32.6 Å². The minimum Gasteiger partial charge on any atom is -0.279 e. The van der Waals surface area contributed by atoms with Gasteiger partial charge in [-0.3, -0.25) is 9.69 Å². The van der Waals surface area contributed by atoms with Gasteiger partial charge in [0.05, 0.1) is 16.8 Å². The number of carbonyl (C=O) groups is 1. The number of hydrogen-bond acceptors (Lipinski definition) is 3. The number of carbonyl (C=O) groups excluding carboxylic acids is 1. The van der Waals surface area contributed by atoms with E-state index in [9.17, 15) is 9.18 Å².